The number of nitrogens with one attached hydrogen (secondary N) is 1. The molecule has 0 aliphatic heterocycles. The highest BCUT2D eigenvalue weighted by atomic mass is 16.5. The molecule has 1 aromatic carbocycles. The first-order chi connectivity index (χ1) is 9.97. The zero-order chi connectivity index (χ0) is 15.8. The Bertz CT molecular complexity index is 465. The van der Waals surface area contributed by atoms with Gasteiger partial charge in [0.2, 0.25) is 5.91 Å². The quantitative estimate of drug-likeness (QED) is 0.785. The summed E-state index contributed by atoms with van der Waals surface area (Å²) in [5.41, 5.74) is 2.41. The lowest BCUT2D eigenvalue weighted by Crippen LogP contribution is -2.45. The molecule has 4 nitrogen and oxygen atoms in total. The van der Waals surface area contributed by atoms with Gasteiger partial charge in [0.1, 0.15) is 6.04 Å². The van der Waals surface area contributed by atoms with Crippen molar-refractivity contribution in [2.45, 2.75) is 46.1 Å². The number of esters is 1. The van der Waals surface area contributed by atoms with Gasteiger partial charge in [-0.25, -0.2) is 4.79 Å². The van der Waals surface area contributed by atoms with E-state index in [0.717, 1.165) is 12.0 Å². The monoisotopic (exact) mass is 291 g/mol. The van der Waals surface area contributed by atoms with Gasteiger partial charge in [0.05, 0.1) is 7.11 Å². The number of ether oxygens (including phenoxy) is 1. The molecular formula is C17H25NO3. The van der Waals surface area contributed by atoms with Crippen LogP contribution < -0.4 is 5.32 Å². The predicted molar refractivity (Wildman–Crippen MR) is 82.9 cm³/mol. The molecular weight excluding hydrogens is 266 g/mol. The largest absolute Gasteiger partial charge is 0.467 e. The van der Waals surface area contributed by atoms with Crippen LogP contribution in [0.5, 0.6) is 0 Å². The van der Waals surface area contributed by atoms with E-state index in [1.54, 1.807) is 0 Å². The zero-order valence-electron chi connectivity index (χ0n) is 13.3. The van der Waals surface area contributed by atoms with Gasteiger partial charge in [-0.15, -0.1) is 0 Å². The van der Waals surface area contributed by atoms with E-state index >= 15 is 0 Å². The molecule has 0 saturated carbocycles. The van der Waals surface area contributed by atoms with Crippen molar-refractivity contribution in [3.05, 3.63) is 35.4 Å². The number of carbonyl (C=O) groups is 2. The molecule has 1 aromatic rings. The molecule has 1 rings (SSSR count). The van der Waals surface area contributed by atoms with E-state index in [1.807, 2.05) is 26.0 Å². The Morgan fingerprint density at radius 1 is 1.14 bits per heavy atom. The second-order valence-electron chi connectivity index (χ2n) is 5.48. The van der Waals surface area contributed by atoms with Gasteiger partial charge in [-0.3, -0.25) is 4.79 Å². The topological polar surface area (TPSA) is 55.4 Å². The van der Waals surface area contributed by atoms with Gasteiger partial charge >= 0.3 is 5.97 Å². The highest BCUT2D eigenvalue weighted by molar-refractivity contribution is 5.84. The van der Waals surface area contributed by atoms with E-state index in [1.165, 1.54) is 12.7 Å². The number of benzene rings is 1. The van der Waals surface area contributed by atoms with Crippen molar-refractivity contribution in [3.8, 4) is 0 Å². The SMILES string of the molecule is CCc1ccc(CCC(=O)NC(C(=O)OC)C(C)C)cc1. The first-order valence-electron chi connectivity index (χ1n) is 7.43. The molecule has 0 aliphatic rings. The minimum absolute atomic E-state index is 0.00485. The van der Waals surface area contributed by atoms with Crippen molar-refractivity contribution in [1.29, 1.82) is 0 Å². The molecule has 0 spiro atoms. The second kappa shape index (κ2) is 8.45. The third kappa shape index (κ3) is 5.58. The summed E-state index contributed by atoms with van der Waals surface area (Å²) in [5.74, 6) is -0.519. The van der Waals surface area contributed by atoms with Gasteiger partial charge in [-0.1, -0.05) is 45.0 Å². The van der Waals surface area contributed by atoms with Crippen LogP contribution >= 0.6 is 0 Å². The molecule has 0 heterocycles. The summed E-state index contributed by atoms with van der Waals surface area (Å²) in [6, 6.07) is 7.68. The van der Waals surface area contributed by atoms with Crippen LogP contribution in [0.4, 0.5) is 0 Å². The van der Waals surface area contributed by atoms with Crippen LogP contribution in [0.1, 0.15) is 38.3 Å². The summed E-state index contributed by atoms with van der Waals surface area (Å²) in [6.45, 7) is 5.87. The van der Waals surface area contributed by atoms with Gasteiger partial charge in [0.15, 0.2) is 0 Å². The Morgan fingerprint density at radius 2 is 1.71 bits per heavy atom. The predicted octanol–water partition coefficient (Wildman–Crippen LogP) is 2.50. The van der Waals surface area contributed by atoms with Crippen LogP contribution in [0.25, 0.3) is 0 Å². The van der Waals surface area contributed by atoms with Crippen LogP contribution in [0.3, 0.4) is 0 Å². The van der Waals surface area contributed by atoms with E-state index in [4.69, 9.17) is 4.74 Å². The Morgan fingerprint density at radius 3 is 2.19 bits per heavy atom. The average molecular weight is 291 g/mol. The van der Waals surface area contributed by atoms with Crippen molar-refractivity contribution in [3.63, 3.8) is 0 Å². The third-order valence-corrected chi connectivity index (χ3v) is 3.51. The van der Waals surface area contributed by atoms with Crippen LogP contribution in [0.15, 0.2) is 24.3 Å². The summed E-state index contributed by atoms with van der Waals surface area (Å²) in [7, 11) is 1.33. The van der Waals surface area contributed by atoms with Crippen molar-refractivity contribution < 1.29 is 14.3 Å². The molecule has 0 saturated heterocycles. The van der Waals surface area contributed by atoms with Crippen LogP contribution in [-0.4, -0.2) is 25.0 Å². The first-order valence-corrected chi connectivity index (χ1v) is 7.43. The van der Waals surface area contributed by atoms with Crippen molar-refractivity contribution >= 4 is 11.9 Å². The van der Waals surface area contributed by atoms with Crippen LogP contribution in [0.2, 0.25) is 0 Å². The number of methoxy groups -OCH3 is 1. The fraction of sp³-hybridized carbons (Fsp3) is 0.529. The standard InChI is InChI=1S/C17H25NO3/c1-5-13-6-8-14(9-7-13)10-11-15(19)18-16(12(2)3)17(20)21-4/h6-9,12,16H,5,10-11H2,1-4H3,(H,18,19). The summed E-state index contributed by atoms with van der Waals surface area (Å²) in [4.78, 5) is 23.6. The van der Waals surface area contributed by atoms with E-state index in [2.05, 4.69) is 24.4 Å². The number of carbonyl (C=O) groups excluding carboxylic acids is 2. The highest BCUT2D eigenvalue weighted by Crippen LogP contribution is 2.08. The molecule has 4 heteroatoms. The fourth-order valence-electron chi connectivity index (χ4n) is 2.07. The second-order valence-corrected chi connectivity index (χ2v) is 5.48. The van der Waals surface area contributed by atoms with E-state index < -0.39 is 12.0 Å². The molecule has 1 atom stereocenters. The third-order valence-electron chi connectivity index (χ3n) is 3.51. The lowest BCUT2D eigenvalue weighted by atomic mass is 10.0. The highest BCUT2D eigenvalue weighted by Gasteiger charge is 2.24. The minimum atomic E-state index is -0.579. The van der Waals surface area contributed by atoms with Gasteiger partial charge in [-0.2, -0.15) is 0 Å². The maximum Gasteiger partial charge on any atom is 0.328 e. The molecule has 0 fully saturated rings. The molecule has 0 bridgehead atoms. The maximum atomic E-state index is 12.0. The summed E-state index contributed by atoms with van der Waals surface area (Å²) < 4.78 is 4.71. The first kappa shape index (κ1) is 17.2. The van der Waals surface area contributed by atoms with Crippen molar-refractivity contribution in [2.75, 3.05) is 7.11 Å². The molecule has 1 unspecified atom stereocenters. The lowest BCUT2D eigenvalue weighted by Gasteiger charge is -2.19. The number of hydrogen-bond acceptors (Lipinski definition) is 3. The molecule has 21 heavy (non-hydrogen) atoms. The summed E-state index contributed by atoms with van der Waals surface area (Å²) >= 11 is 0. The van der Waals surface area contributed by atoms with Gasteiger partial charge in [0, 0.05) is 6.42 Å². The van der Waals surface area contributed by atoms with Crippen LogP contribution in [-0.2, 0) is 27.2 Å². The van der Waals surface area contributed by atoms with Crippen molar-refractivity contribution in [1.82, 2.24) is 5.32 Å². The summed E-state index contributed by atoms with van der Waals surface area (Å²) in [5, 5.41) is 2.75. The van der Waals surface area contributed by atoms with Gasteiger partial charge in [0.25, 0.3) is 0 Å². The molecule has 1 N–H and O–H groups in total. The average Bonchev–Trinajstić information content (AvgIpc) is 2.50. The smallest absolute Gasteiger partial charge is 0.328 e. The minimum Gasteiger partial charge on any atom is -0.467 e. The molecule has 0 aromatic heterocycles. The zero-order valence-corrected chi connectivity index (χ0v) is 13.3. The Balaban J connectivity index is 2.50. The summed E-state index contributed by atoms with van der Waals surface area (Å²) in [6.07, 6.45) is 2.05. The number of aryl methyl sites for hydroxylation is 2. The Labute approximate surface area is 126 Å². The van der Waals surface area contributed by atoms with E-state index in [9.17, 15) is 9.59 Å². The number of hydrogen-bond donors (Lipinski definition) is 1. The van der Waals surface area contributed by atoms with Gasteiger partial charge < -0.3 is 10.1 Å². The fourth-order valence-corrected chi connectivity index (χ4v) is 2.07. The normalized spacial score (nSPS) is 12.0. The maximum absolute atomic E-state index is 12.0. The molecule has 0 radical (unpaired) electrons. The lowest BCUT2D eigenvalue weighted by molar-refractivity contribution is -0.146. The Hall–Kier alpha value is -1.84. The van der Waals surface area contributed by atoms with E-state index in [0.29, 0.717) is 12.8 Å². The molecule has 1 amide bonds. The van der Waals surface area contributed by atoms with E-state index in [-0.39, 0.29) is 11.8 Å². The number of rotatable bonds is 7. The van der Waals surface area contributed by atoms with Gasteiger partial charge in [-0.05, 0) is 29.9 Å². The molecule has 116 valence electrons. The van der Waals surface area contributed by atoms with Crippen molar-refractivity contribution in [2.24, 2.45) is 5.92 Å². The number of amides is 1. The Kier molecular flexibility index (Phi) is 6.92. The molecule has 0 aliphatic carbocycles. The van der Waals surface area contributed by atoms with Crippen LogP contribution in [0, 0.1) is 5.92 Å².